The van der Waals surface area contributed by atoms with E-state index in [1.165, 1.54) is 0 Å². The molecule has 1 spiro atoms. The van der Waals surface area contributed by atoms with E-state index in [1.807, 2.05) is 24.3 Å². The van der Waals surface area contributed by atoms with Crippen molar-refractivity contribution >= 4 is 39.1 Å². The van der Waals surface area contributed by atoms with Gasteiger partial charge in [-0.25, -0.2) is 13.1 Å². The molecule has 5 rings (SSSR count). The summed E-state index contributed by atoms with van der Waals surface area (Å²) in [6.45, 7) is 0.511. The lowest BCUT2D eigenvalue weighted by Crippen LogP contribution is -2.63. The van der Waals surface area contributed by atoms with Gasteiger partial charge in [0.05, 0.1) is 23.4 Å². The molecular formula is C26H32Cl2N2O5S. The third kappa shape index (κ3) is 5.20. The molecule has 0 saturated heterocycles. The topological polar surface area (TPSA) is 108 Å². The maximum atomic E-state index is 12.9. The Balaban J connectivity index is 1.66. The normalized spacial score (nSPS) is 28.7. The highest BCUT2D eigenvalue weighted by Gasteiger charge is 2.57. The van der Waals surface area contributed by atoms with Gasteiger partial charge < -0.3 is 15.2 Å². The van der Waals surface area contributed by atoms with Crippen molar-refractivity contribution < 1.29 is 22.7 Å². The third-order valence-electron chi connectivity index (χ3n) is 7.82. The van der Waals surface area contributed by atoms with Crippen molar-refractivity contribution in [2.24, 2.45) is 11.7 Å². The minimum Gasteiger partial charge on any atom is -0.485 e. The standard InChI is InChI=1S/C26H32Cl2N2O5S/c1-36(32,33)30-26(11-2-4-17(7-8-22(29)31)24(26)34-15-16-5-6-16)20-14-25(9-3-10-25)35-23-19(20)12-18(27)13-21(23)28/h2,4,11-13,16,20,24,30H,3,5-10,14-15H2,1H3,(H2,29,31). The number of halogens is 2. The van der Waals surface area contributed by atoms with Crippen LogP contribution >= 0.6 is 23.2 Å². The Kier molecular flexibility index (Phi) is 6.96. The highest BCUT2D eigenvalue weighted by atomic mass is 35.5. The number of ether oxygens (including phenoxy) is 2. The molecule has 4 aliphatic rings. The fraction of sp³-hybridized carbons (Fsp3) is 0.577. The van der Waals surface area contributed by atoms with E-state index in [2.05, 4.69) is 4.72 Å². The first-order valence-electron chi connectivity index (χ1n) is 12.5. The number of primary amides is 1. The first-order valence-corrected chi connectivity index (χ1v) is 15.1. The summed E-state index contributed by atoms with van der Waals surface area (Å²) in [5, 5.41) is 0.855. The maximum Gasteiger partial charge on any atom is 0.217 e. The van der Waals surface area contributed by atoms with E-state index in [4.69, 9.17) is 38.4 Å². The number of nitrogens with one attached hydrogen (secondary N) is 1. The van der Waals surface area contributed by atoms with Crippen molar-refractivity contribution in [3.05, 3.63) is 51.5 Å². The van der Waals surface area contributed by atoms with Crippen LogP contribution < -0.4 is 15.2 Å². The minimum atomic E-state index is -3.70. The van der Waals surface area contributed by atoms with E-state index in [0.717, 1.165) is 49.5 Å². The zero-order valence-corrected chi connectivity index (χ0v) is 22.6. The van der Waals surface area contributed by atoms with Crippen LogP contribution in [0.4, 0.5) is 0 Å². The second-order valence-electron chi connectivity index (χ2n) is 10.7. The second-order valence-corrected chi connectivity index (χ2v) is 13.3. The van der Waals surface area contributed by atoms with Crippen molar-refractivity contribution in [2.75, 3.05) is 12.9 Å². The van der Waals surface area contributed by atoms with Crippen LogP contribution in [0.1, 0.15) is 62.8 Å². The van der Waals surface area contributed by atoms with Crippen LogP contribution in [0.25, 0.3) is 0 Å². The SMILES string of the molecule is CS(=O)(=O)NC1(C2CC3(CCC3)Oc3c(Cl)cc(Cl)cc32)C=CC=C(CCC(N)=O)C1OCC1CC1. The summed E-state index contributed by atoms with van der Waals surface area (Å²) in [6, 6.07) is 3.47. The Labute approximate surface area is 222 Å². The molecule has 196 valence electrons. The number of benzene rings is 1. The molecule has 1 aromatic carbocycles. The highest BCUT2D eigenvalue weighted by Crippen LogP contribution is 2.57. The van der Waals surface area contributed by atoms with Gasteiger partial charge in [-0.05, 0) is 68.6 Å². The predicted octanol–water partition coefficient (Wildman–Crippen LogP) is 4.63. The molecule has 0 aromatic heterocycles. The molecule has 1 aliphatic heterocycles. The summed E-state index contributed by atoms with van der Waals surface area (Å²) in [5.41, 5.74) is 5.46. The van der Waals surface area contributed by atoms with Gasteiger partial charge in [0.1, 0.15) is 17.5 Å². The van der Waals surface area contributed by atoms with Crippen LogP contribution in [0, 0.1) is 5.92 Å². The Morgan fingerprint density at radius 2 is 2.03 bits per heavy atom. The van der Waals surface area contributed by atoms with Crippen molar-refractivity contribution in [3.8, 4) is 5.75 Å². The van der Waals surface area contributed by atoms with Crippen molar-refractivity contribution in [1.29, 1.82) is 0 Å². The average molecular weight is 556 g/mol. The molecule has 7 nitrogen and oxygen atoms in total. The molecule has 0 bridgehead atoms. The van der Waals surface area contributed by atoms with Crippen LogP contribution in [0.15, 0.2) is 35.9 Å². The molecule has 3 N–H and O–H groups in total. The van der Waals surface area contributed by atoms with E-state index in [-0.39, 0.29) is 12.3 Å². The van der Waals surface area contributed by atoms with Crippen LogP contribution in [0.5, 0.6) is 5.75 Å². The summed E-state index contributed by atoms with van der Waals surface area (Å²) < 4.78 is 41.9. The lowest BCUT2D eigenvalue weighted by molar-refractivity contribution is -0.118. The lowest BCUT2D eigenvalue weighted by Gasteiger charge is -2.54. The van der Waals surface area contributed by atoms with Crippen LogP contribution in [-0.2, 0) is 19.6 Å². The van der Waals surface area contributed by atoms with Crippen molar-refractivity contribution in [2.45, 2.75) is 74.5 Å². The molecule has 3 aliphatic carbocycles. The Hall–Kier alpha value is -1.58. The van der Waals surface area contributed by atoms with Gasteiger partial charge in [0.15, 0.2) is 0 Å². The Morgan fingerprint density at radius 3 is 2.64 bits per heavy atom. The number of hydrogen-bond acceptors (Lipinski definition) is 5. The number of amides is 1. The van der Waals surface area contributed by atoms with E-state index >= 15 is 0 Å². The number of rotatable bonds is 9. The average Bonchev–Trinajstić information content (AvgIpc) is 3.58. The summed E-state index contributed by atoms with van der Waals surface area (Å²) in [5.74, 6) is 0.212. The molecule has 1 heterocycles. The Bertz CT molecular complexity index is 1220. The number of carbonyl (C=O) groups excluding carboxylic acids is 1. The Morgan fingerprint density at radius 1 is 1.28 bits per heavy atom. The van der Waals surface area contributed by atoms with Gasteiger partial charge in [-0.3, -0.25) is 4.79 Å². The number of nitrogens with two attached hydrogens (primary N) is 1. The van der Waals surface area contributed by atoms with E-state index in [0.29, 0.717) is 41.2 Å². The zero-order chi connectivity index (χ0) is 25.7. The molecule has 1 amide bonds. The molecule has 0 radical (unpaired) electrons. The van der Waals surface area contributed by atoms with Crippen molar-refractivity contribution in [1.82, 2.24) is 4.72 Å². The number of carbonyl (C=O) groups is 1. The maximum absolute atomic E-state index is 12.9. The fourth-order valence-corrected chi connectivity index (χ4v) is 7.33. The number of allylic oxidation sites excluding steroid dienone is 2. The summed E-state index contributed by atoms with van der Waals surface area (Å²) in [7, 11) is -3.70. The molecule has 3 unspecified atom stereocenters. The van der Waals surface area contributed by atoms with Gasteiger partial charge in [0.25, 0.3) is 0 Å². The van der Waals surface area contributed by atoms with Crippen LogP contribution in [0.3, 0.4) is 0 Å². The summed E-state index contributed by atoms with van der Waals surface area (Å²) >= 11 is 13.1. The molecule has 10 heteroatoms. The smallest absolute Gasteiger partial charge is 0.217 e. The molecule has 3 atom stereocenters. The van der Waals surface area contributed by atoms with Gasteiger partial charge in [-0.1, -0.05) is 41.4 Å². The van der Waals surface area contributed by atoms with Gasteiger partial charge in [0.2, 0.25) is 15.9 Å². The first kappa shape index (κ1) is 26.0. The summed E-state index contributed by atoms with van der Waals surface area (Å²) in [6.07, 6.45) is 12.2. The predicted molar refractivity (Wildman–Crippen MR) is 140 cm³/mol. The third-order valence-corrected chi connectivity index (χ3v) is 9.04. The van der Waals surface area contributed by atoms with E-state index in [9.17, 15) is 13.2 Å². The fourth-order valence-electron chi connectivity index (χ4n) is 5.83. The van der Waals surface area contributed by atoms with Crippen molar-refractivity contribution in [3.63, 3.8) is 0 Å². The molecule has 2 saturated carbocycles. The summed E-state index contributed by atoms with van der Waals surface area (Å²) in [4.78, 5) is 11.7. The quantitative estimate of drug-likeness (QED) is 0.462. The van der Waals surface area contributed by atoms with Crippen LogP contribution in [0.2, 0.25) is 10.0 Å². The first-order chi connectivity index (χ1) is 17.0. The van der Waals surface area contributed by atoms with Gasteiger partial charge in [-0.2, -0.15) is 0 Å². The van der Waals surface area contributed by atoms with Gasteiger partial charge >= 0.3 is 0 Å². The largest absolute Gasteiger partial charge is 0.485 e. The second kappa shape index (κ2) is 9.62. The minimum absolute atomic E-state index is 0.143. The van der Waals surface area contributed by atoms with E-state index in [1.54, 1.807) is 6.07 Å². The number of fused-ring (bicyclic) bond motifs is 1. The monoisotopic (exact) mass is 554 g/mol. The van der Waals surface area contributed by atoms with Gasteiger partial charge in [0, 0.05) is 22.9 Å². The number of hydrogen-bond donors (Lipinski definition) is 2. The molecule has 1 aromatic rings. The lowest BCUT2D eigenvalue weighted by atomic mass is 9.62. The van der Waals surface area contributed by atoms with Crippen LogP contribution in [-0.4, -0.2) is 44.4 Å². The molecular weight excluding hydrogens is 523 g/mol. The zero-order valence-electron chi connectivity index (χ0n) is 20.3. The number of sulfonamides is 1. The molecule has 2 fully saturated rings. The van der Waals surface area contributed by atoms with Gasteiger partial charge in [-0.15, -0.1) is 0 Å². The molecule has 36 heavy (non-hydrogen) atoms. The van der Waals surface area contributed by atoms with E-state index < -0.39 is 33.2 Å². The highest BCUT2D eigenvalue weighted by molar-refractivity contribution is 7.88.